The number of carboxylic acids is 1. The zero-order valence-corrected chi connectivity index (χ0v) is 10.6. The van der Waals surface area contributed by atoms with Crippen LogP contribution in [0.15, 0.2) is 0 Å². The molecule has 1 amide bonds. The maximum atomic E-state index is 11.6. The molecule has 1 atom stereocenters. The molecule has 100 valence electrons. The van der Waals surface area contributed by atoms with Crippen molar-refractivity contribution >= 4 is 11.9 Å². The molecular formula is C12H18N2O4. The smallest absolute Gasteiger partial charge is 0.329 e. The second kappa shape index (κ2) is 5.85. The summed E-state index contributed by atoms with van der Waals surface area (Å²) in [6.45, 7) is 4.57. The molecule has 6 nitrogen and oxygen atoms in total. The van der Waals surface area contributed by atoms with E-state index in [9.17, 15) is 9.59 Å². The molecule has 1 unspecified atom stereocenters. The Kier molecular flexibility index (Phi) is 4.70. The number of terminal acetylenes is 1. The molecule has 0 aliphatic carbocycles. The molecule has 0 aromatic carbocycles. The lowest BCUT2D eigenvalue weighted by atomic mass is 9.94. The van der Waals surface area contributed by atoms with Gasteiger partial charge in [-0.2, -0.15) is 0 Å². The van der Waals surface area contributed by atoms with Gasteiger partial charge in [0.1, 0.15) is 6.61 Å². The zero-order valence-electron chi connectivity index (χ0n) is 10.6. The first-order valence-electron chi connectivity index (χ1n) is 5.69. The van der Waals surface area contributed by atoms with Gasteiger partial charge in [0, 0.05) is 13.1 Å². The maximum Gasteiger partial charge on any atom is 0.329 e. The number of amides is 1. The van der Waals surface area contributed by atoms with Crippen molar-refractivity contribution in [3.05, 3.63) is 0 Å². The fourth-order valence-corrected chi connectivity index (χ4v) is 1.87. The van der Waals surface area contributed by atoms with Gasteiger partial charge in [-0.25, -0.2) is 4.79 Å². The van der Waals surface area contributed by atoms with E-state index in [4.69, 9.17) is 16.3 Å². The van der Waals surface area contributed by atoms with E-state index in [0.29, 0.717) is 13.1 Å². The van der Waals surface area contributed by atoms with Crippen molar-refractivity contribution in [3.8, 4) is 12.3 Å². The Morgan fingerprint density at radius 3 is 2.72 bits per heavy atom. The summed E-state index contributed by atoms with van der Waals surface area (Å²) in [5, 5.41) is 11.1. The van der Waals surface area contributed by atoms with Crippen LogP contribution in [-0.4, -0.2) is 59.8 Å². The molecule has 1 aliphatic rings. The minimum Gasteiger partial charge on any atom is -0.480 e. The number of hydrogen-bond acceptors (Lipinski definition) is 4. The highest BCUT2D eigenvalue weighted by Crippen LogP contribution is 2.26. The summed E-state index contributed by atoms with van der Waals surface area (Å²) in [6, 6.07) is -0.292. The van der Waals surface area contributed by atoms with Crippen LogP contribution in [0.3, 0.4) is 0 Å². The minimum atomic E-state index is -0.991. The third-order valence-electron chi connectivity index (χ3n) is 2.91. The number of hydrogen-bond donors (Lipinski definition) is 2. The van der Waals surface area contributed by atoms with E-state index < -0.39 is 11.6 Å². The van der Waals surface area contributed by atoms with Crippen molar-refractivity contribution in [1.29, 1.82) is 0 Å². The molecule has 0 spiro atoms. The lowest BCUT2D eigenvalue weighted by molar-refractivity contribution is -0.171. The Morgan fingerprint density at radius 1 is 1.61 bits per heavy atom. The molecule has 1 aliphatic heterocycles. The van der Waals surface area contributed by atoms with Crippen LogP contribution in [0, 0.1) is 12.3 Å². The predicted molar refractivity (Wildman–Crippen MR) is 64.9 cm³/mol. The normalized spacial score (nSPS) is 19.4. The van der Waals surface area contributed by atoms with Gasteiger partial charge in [-0.1, -0.05) is 5.92 Å². The zero-order chi connectivity index (χ0) is 13.8. The monoisotopic (exact) mass is 254 g/mol. The highest BCUT2D eigenvalue weighted by molar-refractivity contribution is 5.81. The minimum absolute atomic E-state index is 0.131. The average Bonchev–Trinajstić information content (AvgIpc) is 2.28. The first kappa shape index (κ1) is 14.5. The topological polar surface area (TPSA) is 78.9 Å². The number of nitrogens with one attached hydrogen (secondary N) is 1. The number of carboxylic acid groups (broad SMARTS) is 1. The number of carbonyl (C=O) groups excluding carboxylic acids is 1. The maximum absolute atomic E-state index is 11.6. The van der Waals surface area contributed by atoms with E-state index in [0.717, 1.165) is 0 Å². The number of nitrogens with zero attached hydrogens (tertiary/aromatic N) is 1. The third kappa shape index (κ3) is 3.72. The Labute approximate surface area is 106 Å². The van der Waals surface area contributed by atoms with Gasteiger partial charge in [0.05, 0.1) is 18.2 Å². The molecule has 0 saturated carbocycles. The van der Waals surface area contributed by atoms with Gasteiger partial charge >= 0.3 is 5.97 Å². The van der Waals surface area contributed by atoms with Crippen LogP contribution in [0.25, 0.3) is 0 Å². The average molecular weight is 254 g/mol. The van der Waals surface area contributed by atoms with Crippen LogP contribution in [0.1, 0.15) is 13.8 Å². The number of ether oxygens (including phenoxy) is 1. The SMILES string of the molecule is C#CCNC(=O)C(C)N1CC(C)(OCC(=O)O)C1. The van der Waals surface area contributed by atoms with Crippen LogP contribution in [-0.2, 0) is 14.3 Å². The van der Waals surface area contributed by atoms with Gasteiger partial charge in [0.2, 0.25) is 5.91 Å². The fraction of sp³-hybridized carbons (Fsp3) is 0.667. The number of rotatable bonds is 6. The summed E-state index contributed by atoms with van der Waals surface area (Å²) in [4.78, 5) is 23.9. The van der Waals surface area contributed by atoms with Crippen molar-refractivity contribution in [2.75, 3.05) is 26.2 Å². The van der Waals surface area contributed by atoms with Crippen molar-refractivity contribution in [2.45, 2.75) is 25.5 Å². The number of likely N-dealkylation sites (tertiary alicyclic amines) is 1. The molecule has 1 heterocycles. The second-order valence-electron chi connectivity index (χ2n) is 4.64. The second-order valence-corrected chi connectivity index (χ2v) is 4.64. The third-order valence-corrected chi connectivity index (χ3v) is 2.91. The molecule has 6 heteroatoms. The molecule has 0 radical (unpaired) electrons. The van der Waals surface area contributed by atoms with Gasteiger partial charge in [-0.3, -0.25) is 9.69 Å². The molecule has 0 bridgehead atoms. The van der Waals surface area contributed by atoms with E-state index in [1.165, 1.54) is 0 Å². The molecule has 1 rings (SSSR count). The summed E-state index contributed by atoms with van der Waals surface area (Å²) in [5.41, 5.74) is -0.487. The highest BCUT2D eigenvalue weighted by Gasteiger charge is 2.43. The van der Waals surface area contributed by atoms with E-state index in [-0.39, 0.29) is 25.1 Å². The van der Waals surface area contributed by atoms with Gasteiger partial charge in [-0.05, 0) is 13.8 Å². The Balaban J connectivity index is 2.34. The summed E-state index contributed by atoms with van der Waals surface area (Å²) in [6.07, 6.45) is 5.06. The van der Waals surface area contributed by atoms with Gasteiger partial charge < -0.3 is 15.2 Å². The number of carbonyl (C=O) groups is 2. The van der Waals surface area contributed by atoms with Crippen molar-refractivity contribution in [2.24, 2.45) is 0 Å². The lowest BCUT2D eigenvalue weighted by Gasteiger charge is -2.49. The molecule has 0 aromatic rings. The van der Waals surface area contributed by atoms with E-state index in [1.54, 1.807) is 6.92 Å². The molecule has 18 heavy (non-hydrogen) atoms. The Bertz CT molecular complexity index is 369. The highest BCUT2D eigenvalue weighted by atomic mass is 16.5. The molecule has 2 N–H and O–H groups in total. The van der Waals surface area contributed by atoms with E-state index >= 15 is 0 Å². The van der Waals surface area contributed by atoms with Crippen LogP contribution in [0.2, 0.25) is 0 Å². The molecule has 1 fully saturated rings. The lowest BCUT2D eigenvalue weighted by Crippen LogP contribution is -2.66. The predicted octanol–water partition coefficient (Wildman–Crippen LogP) is -0.700. The van der Waals surface area contributed by atoms with Crippen molar-refractivity contribution < 1.29 is 19.4 Å². The summed E-state index contributed by atoms with van der Waals surface area (Å²) >= 11 is 0. The fourth-order valence-electron chi connectivity index (χ4n) is 1.87. The standard InChI is InChI=1S/C12H18N2O4/c1-4-5-13-11(17)9(2)14-7-12(3,8-14)18-6-10(15)16/h1,9H,5-8H2,2-3H3,(H,13,17)(H,15,16). The van der Waals surface area contributed by atoms with E-state index in [2.05, 4.69) is 11.2 Å². The summed E-state index contributed by atoms with van der Waals surface area (Å²) in [7, 11) is 0. The Morgan fingerprint density at radius 2 is 2.22 bits per heavy atom. The van der Waals surface area contributed by atoms with Crippen molar-refractivity contribution in [3.63, 3.8) is 0 Å². The van der Waals surface area contributed by atoms with Gasteiger partial charge in [0.15, 0.2) is 0 Å². The first-order valence-corrected chi connectivity index (χ1v) is 5.69. The van der Waals surface area contributed by atoms with Crippen molar-refractivity contribution in [1.82, 2.24) is 10.2 Å². The quantitative estimate of drug-likeness (QED) is 0.613. The van der Waals surface area contributed by atoms with Gasteiger partial charge in [-0.15, -0.1) is 6.42 Å². The Hall–Kier alpha value is -1.58. The van der Waals surface area contributed by atoms with E-state index in [1.807, 2.05) is 11.8 Å². The van der Waals surface area contributed by atoms with Crippen LogP contribution in [0.4, 0.5) is 0 Å². The van der Waals surface area contributed by atoms with Gasteiger partial charge in [0.25, 0.3) is 0 Å². The number of aliphatic carboxylic acids is 1. The molecular weight excluding hydrogens is 236 g/mol. The molecule has 0 aromatic heterocycles. The van der Waals surface area contributed by atoms with Crippen LogP contribution < -0.4 is 5.32 Å². The van der Waals surface area contributed by atoms with Crippen LogP contribution in [0.5, 0.6) is 0 Å². The summed E-state index contributed by atoms with van der Waals surface area (Å²) in [5.74, 6) is 1.21. The molecule has 1 saturated heterocycles. The van der Waals surface area contributed by atoms with Crippen LogP contribution >= 0.6 is 0 Å². The summed E-state index contributed by atoms with van der Waals surface area (Å²) < 4.78 is 5.26. The largest absolute Gasteiger partial charge is 0.480 e. The first-order chi connectivity index (χ1) is 8.38.